The summed E-state index contributed by atoms with van der Waals surface area (Å²) in [6, 6.07) is 25.4. The third kappa shape index (κ3) is 6.70. The molecule has 2 aliphatic rings. The molecule has 8 nitrogen and oxygen atoms in total. The Morgan fingerprint density at radius 2 is 1.60 bits per heavy atom. The van der Waals surface area contributed by atoms with Crippen molar-refractivity contribution in [2.45, 2.75) is 37.1 Å². The molecule has 6 rings (SSSR count). The van der Waals surface area contributed by atoms with Gasteiger partial charge in [0.2, 0.25) is 0 Å². The molecule has 0 spiro atoms. The number of ether oxygens (including phenoxy) is 1. The number of carbonyl (C=O) groups is 1. The predicted octanol–water partition coefficient (Wildman–Crippen LogP) is 5.19. The van der Waals surface area contributed by atoms with Gasteiger partial charge in [-0.25, -0.2) is 0 Å². The van der Waals surface area contributed by atoms with Crippen LogP contribution in [-0.2, 0) is 17.5 Å². The number of carbonyl (C=O) groups excluding carboxylic acids is 1. The van der Waals surface area contributed by atoms with Gasteiger partial charge in [-0.1, -0.05) is 60.7 Å². The Hall–Kier alpha value is -3.51. The van der Waals surface area contributed by atoms with Gasteiger partial charge in [-0.05, 0) is 39.8 Å². The van der Waals surface area contributed by atoms with Crippen LogP contribution in [0.1, 0.15) is 34.9 Å². The fourth-order valence-electron chi connectivity index (χ4n) is 6.26. The number of piperazine rings is 1. The molecular weight excluding hydrogens is 604 g/mol. The molecule has 13 heteroatoms. The molecule has 2 atom stereocenters. The number of hydrogen-bond acceptors (Lipinski definition) is 7. The first-order chi connectivity index (χ1) is 19.8. The van der Waals surface area contributed by atoms with Crippen molar-refractivity contribution in [3.05, 3.63) is 101 Å². The van der Waals surface area contributed by atoms with Crippen LogP contribution in [0, 0.1) is 0 Å². The van der Waals surface area contributed by atoms with Gasteiger partial charge in [0.25, 0.3) is 5.82 Å². The number of tetrazole rings is 1. The Labute approximate surface area is 259 Å². The summed E-state index contributed by atoms with van der Waals surface area (Å²) >= 11 is 0. The van der Waals surface area contributed by atoms with E-state index in [1.165, 1.54) is 24.3 Å². The summed E-state index contributed by atoms with van der Waals surface area (Å²) in [5, 5.41) is 10.0. The van der Waals surface area contributed by atoms with Crippen LogP contribution in [0.4, 0.5) is 13.2 Å². The number of nitrogens with zero attached hydrogens (tertiary/aromatic N) is 6. The van der Waals surface area contributed by atoms with Gasteiger partial charge < -0.3 is 4.74 Å². The number of rotatable bonds is 7. The van der Waals surface area contributed by atoms with E-state index in [0.29, 0.717) is 48.6 Å². The van der Waals surface area contributed by atoms with Crippen LogP contribution >= 0.6 is 24.8 Å². The van der Waals surface area contributed by atoms with Crippen LogP contribution in [0.2, 0.25) is 0 Å². The third-order valence-electron chi connectivity index (χ3n) is 7.96. The number of fused-ring (bicyclic) bond motifs is 1. The lowest BCUT2D eigenvalue weighted by molar-refractivity contribution is -0.146. The van der Waals surface area contributed by atoms with E-state index in [2.05, 4.69) is 49.6 Å². The van der Waals surface area contributed by atoms with Crippen molar-refractivity contribution in [1.82, 2.24) is 30.0 Å². The van der Waals surface area contributed by atoms with Gasteiger partial charge >= 0.3 is 6.18 Å². The molecule has 0 saturated carbocycles. The minimum atomic E-state index is -4.70. The standard InChI is InChI=1S/C30H29F3N6O2.2ClH/c1-41-27-13-12-23(39-29(30(31,32)33)34-35-36-39)14-22(27)16-37-17-24-15-25(40)18-38(24)26(19-37)28(20-8-4-2-5-9-20)21-10-6-3-7-11-21;;/h2-14,24,26,28H,15-19H2,1H3;2*1H/t24-,26-;;/m0../s1. The minimum Gasteiger partial charge on any atom is -0.496 e. The zero-order valence-corrected chi connectivity index (χ0v) is 24.9. The van der Waals surface area contributed by atoms with Crippen molar-refractivity contribution in [3.63, 3.8) is 0 Å². The summed E-state index contributed by atoms with van der Waals surface area (Å²) in [6.07, 6.45) is -4.23. The van der Waals surface area contributed by atoms with Crippen LogP contribution in [0.5, 0.6) is 5.75 Å². The number of alkyl halides is 3. The molecule has 2 aliphatic heterocycles. The van der Waals surface area contributed by atoms with E-state index < -0.39 is 12.0 Å². The van der Waals surface area contributed by atoms with Crippen LogP contribution in [0.3, 0.4) is 0 Å². The van der Waals surface area contributed by atoms with Crippen LogP contribution < -0.4 is 4.74 Å². The predicted molar refractivity (Wildman–Crippen MR) is 159 cm³/mol. The number of halogens is 5. The highest BCUT2D eigenvalue weighted by atomic mass is 35.5. The topological polar surface area (TPSA) is 76.4 Å². The number of hydrogen-bond donors (Lipinski definition) is 0. The Kier molecular flexibility index (Phi) is 10.1. The van der Waals surface area contributed by atoms with E-state index >= 15 is 0 Å². The van der Waals surface area contributed by atoms with Crippen LogP contribution in [0.25, 0.3) is 5.69 Å². The monoisotopic (exact) mass is 634 g/mol. The van der Waals surface area contributed by atoms with E-state index in [0.717, 1.165) is 0 Å². The molecule has 3 heterocycles. The summed E-state index contributed by atoms with van der Waals surface area (Å²) < 4.78 is 46.8. The highest BCUT2D eigenvalue weighted by Gasteiger charge is 2.44. The van der Waals surface area contributed by atoms with Crippen molar-refractivity contribution in [1.29, 1.82) is 0 Å². The minimum absolute atomic E-state index is 0. The van der Waals surface area contributed by atoms with Crippen molar-refractivity contribution in [2.24, 2.45) is 0 Å². The van der Waals surface area contributed by atoms with Crippen LogP contribution in [-0.4, -0.2) is 74.6 Å². The third-order valence-corrected chi connectivity index (χ3v) is 7.96. The number of ketones is 1. The molecule has 228 valence electrons. The molecule has 0 N–H and O–H groups in total. The molecule has 1 aromatic heterocycles. The Morgan fingerprint density at radius 3 is 2.21 bits per heavy atom. The first kappa shape index (κ1) is 32.4. The molecule has 0 amide bonds. The lowest BCUT2D eigenvalue weighted by atomic mass is 9.82. The largest absolute Gasteiger partial charge is 0.496 e. The smallest absolute Gasteiger partial charge is 0.453 e. The second-order valence-electron chi connectivity index (χ2n) is 10.5. The number of benzene rings is 3. The molecule has 43 heavy (non-hydrogen) atoms. The maximum atomic E-state index is 13.5. The Morgan fingerprint density at radius 1 is 0.953 bits per heavy atom. The van der Waals surface area contributed by atoms with E-state index in [9.17, 15) is 18.0 Å². The number of aromatic nitrogens is 4. The van der Waals surface area contributed by atoms with Gasteiger partial charge in [0.05, 0.1) is 19.3 Å². The molecule has 0 aliphatic carbocycles. The fraction of sp³-hybridized carbons (Fsp3) is 0.333. The highest BCUT2D eigenvalue weighted by Crippen LogP contribution is 2.38. The van der Waals surface area contributed by atoms with Crippen molar-refractivity contribution >= 4 is 30.6 Å². The molecule has 3 aromatic carbocycles. The maximum absolute atomic E-state index is 13.5. The molecule has 0 bridgehead atoms. The molecule has 4 aromatic rings. The first-order valence-corrected chi connectivity index (χ1v) is 13.4. The Balaban J connectivity index is 0.00000212. The van der Waals surface area contributed by atoms with Crippen molar-refractivity contribution < 1.29 is 22.7 Å². The maximum Gasteiger partial charge on any atom is 0.453 e. The van der Waals surface area contributed by atoms with Gasteiger partial charge in [-0.3, -0.25) is 14.6 Å². The second kappa shape index (κ2) is 13.4. The summed E-state index contributed by atoms with van der Waals surface area (Å²) in [5.74, 6) is -0.392. The van der Waals surface area contributed by atoms with E-state index in [-0.39, 0.29) is 54.3 Å². The van der Waals surface area contributed by atoms with Crippen LogP contribution in [0.15, 0.2) is 78.9 Å². The van der Waals surface area contributed by atoms with Crippen molar-refractivity contribution in [3.8, 4) is 11.4 Å². The summed E-state index contributed by atoms with van der Waals surface area (Å²) in [5.41, 5.74) is 3.24. The normalized spacial score (nSPS) is 19.0. The van der Waals surface area contributed by atoms with Gasteiger partial charge in [-0.15, -0.1) is 29.9 Å². The molecule has 0 unspecified atom stereocenters. The molecular formula is C30H31Cl2F3N6O2. The average molecular weight is 636 g/mol. The van der Waals surface area contributed by atoms with Gasteiger partial charge in [-0.2, -0.15) is 17.9 Å². The lowest BCUT2D eigenvalue weighted by Crippen LogP contribution is -2.58. The summed E-state index contributed by atoms with van der Waals surface area (Å²) in [6.45, 7) is 2.15. The summed E-state index contributed by atoms with van der Waals surface area (Å²) in [7, 11) is 1.54. The van der Waals surface area contributed by atoms with E-state index in [1.807, 2.05) is 36.4 Å². The lowest BCUT2D eigenvalue weighted by Gasteiger charge is -2.46. The molecule has 0 radical (unpaired) electrons. The molecule has 2 fully saturated rings. The number of Topliss-reactive ketones (excluding diaryl/α,β-unsaturated/α-hetero) is 1. The quantitative estimate of drug-likeness (QED) is 0.277. The van der Waals surface area contributed by atoms with E-state index in [4.69, 9.17) is 4.74 Å². The average Bonchev–Trinajstić information content (AvgIpc) is 3.61. The van der Waals surface area contributed by atoms with E-state index in [1.54, 1.807) is 12.1 Å². The zero-order chi connectivity index (χ0) is 28.6. The van der Waals surface area contributed by atoms with Crippen molar-refractivity contribution in [2.75, 3.05) is 26.7 Å². The second-order valence-corrected chi connectivity index (χ2v) is 10.5. The molecule has 2 saturated heterocycles. The summed E-state index contributed by atoms with van der Waals surface area (Å²) in [4.78, 5) is 17.3. The highest BCUT2D eigenvalue weighted by molar-refractivity contribution is 5.85. The fourth-order valence-corrected chi connectivity index (χ4v) is 6.26. The number of methoxy groups -OCH3 is 1. The van der Waals surface area contributed by atoms with Gasteiger partial charge in [0, 0.05) is 49.6 Å². The zero-order valence-electron chi connectivity index (χ0n) is 23.2. The SMILES string of the molecule is COc1ccc(-n2nnnc2C(F)(F)F)cc1CN1C[C@@H]2CC(=O)CN2[C@H](C(c2ccccc2)c2ccccc2)C1.Cl.Cl. The van der Waals surface area contributed by atoms with Gasteiger partial charge in [0.1, 0.15) is 11.5 Å². The first-order valence-electron chi connectivity index (χ1n) is 13.4. The van der Waals surface area contributed by atoms with Gasteiger partial charge in [0.15, 0.2) is 0 Å². The Bertz CT molecular complexity index is 1480.